The molecule has 3 N–H and O–H groups in total. The standard InChI is InChI=1S/C13H20N4O3S/c1-17-11(20)15-16-12(17)21-9-3-2-6-13(7-9,10(18)19)14-8-4-5-8/h8-9,14H,2-7H2,1H3,(H,15,20)(H,18,19). The van der Waals surface area contributed by atoms with Crippen LogP contribution >= 0.6 is 11.8 Å². The zero-order valence-corrected chi connectivity index (χ0v) is 12.8. The number of carboxylic acids is 1. The summed E-state index contributed by atoms with van der Waals surface area (Å²) in [5.74, 6) is -0.754. The Kier molecular flexibility index (Phi) is 3.83. The number of hydrogen-bond acceptors (Lipinski definition) is 5. The molecule has 2 unspecified atom stereocenters. The maximum absolute atomic E-state index is 11.8. The van der Waals surface area contributed by atoms with Gasteiger partial charge in [-0.3, -0.25) is 14.7 Å². The Morgan fingerprint density at radius 1 is 1.52 bits per heavy atom. The van der Waals surface area contributed by atoms with Gasteiger partial charge in [-0.25, -0.2) is 9.89 Å². The smallest absolute Gasteiger partial charge is 0.343 e. The maximum atomic E-state index is 11.8. The van der Waals surface area contributed by atoms with E-state index in [1.165, 1.54) is 16.3 Å². The third-order valence-corrected chi connectivity index (χ3v) is 5.60. The van der Waals surface area contributed by atoms with Gasteiger partial charge in [0.15, 0.2) is 5.16 Å². The fourth-order valence-electron chi connectivity index (χ4n) is 2.92. The third-order valence-electron chi connectivity index (χ3n) is 4.28. The molecule has 2 atom stereocenters. The molecule has 21 heavy (non-hydrogen) atoms. The van der Waals surface area contributed by atoms with Gasteiger partial charge < -0.3 is 5.11 Å². The molecule has 2 fully saturated rings. The van der Waals surface area contributed by atoms with Crippen LogP contribution in [0.5, 0.6) is 0 Å². The van der Waals surface area contributed by atoms with Gasteiger partial charge in [-0.15, -0.1) is 5.10 Å². The van der Waals surface area contributed by atoms with Crippen molar-refractivity contribution in [3.63, 3.8) is 0 Å². The molecule has 1 heterocycles. The molecule has 1 aromatic heterocycles. The lowest BCUT2D eigenvalue weighted by Crippen LogP contribution is -2.56. The SMILES string of the molecule is Cn1c(SC2CCCC(NC3CC3)(C(=O)O)C2)n[nH]c1=O. The number of aliphatic carboxylic acids is 1. The van der Waals surface area contributed by atoms with Crippen LogP contribution in [0.3, 0.4) is 0 Å². The van der Waals surface area contributed by atoms with Gasteiger partial charge >= 0.3 is 11.7 Å². The fraction of sp³-hybridized carbons (Fsp3) is 0.769. The first-order valence-corrected chi connectivity index (χ1v) is 8.17. The number of rotatable bonds is 5. The molecule has 0 aliphatic heterocycles. The van der Waals surface area contributed by atoms with Crippen molar-refractivity contribution >= 4 is 17.7 Å². The monoisotopic (exact) mass is 312 g/mol. The van der Waals surface area contributed by atoms with Gasteiger partial charge in [-0.05, 0) is 38.5 Å². The van der Waals surface area contributed by atoms with Crippen LogP contribution in [0.25, 0.3) is 0 Å². The predicted molar refractivity (Wildman–Crippen MR) is 78.5 cm³/mol. The Bertz CT molecular complexity index is 594. The van der Waals surface area contributed by atoms with Crippen LogP contribution in [0.4, 0.5) is 0 Å². The second-order valence-electron chi connectivity index (χ2n) is 6.01. The number of nitrogens with zero attached hydrogens (tertiary/aromatic N) is 2. The van der Waals surface area contributed by atoms with E-state index in [-0.39, 0.29) is 10.9 Å². The van der Waals surface area contributed by atoms with Crippen molar-refractivity contribution in [1.29, 1.82) is 0 Å². The summed E-state index contributed by atoms with van der Waals surface area (Å²) in [6.07, 6.45) is 5.22. The van der Waals surface area contributed by atoms with E-state index in [1.54, 1.807) is 7.05 Å². The number of carbonyl (C=O) groups is 1. The Labute approximate surface area is 126 Å². The van der Waals surface area contributed by atoms with E-state index in [4.69, 9.17) is 0 Å². The van der Waals surface area contributed by atoms with E-state index in [9.17, 15) is 14.7 Å². The van der Waals surface area contributed by atoms with Crippen molar-refractivity contribution in [2.24, 2.45) is 7.05 Å². The highest BCUT2D eigenvalue weighted by molar-refractivity contribution is 7.99. The van der Waals surface area contributed by atoms with Crippen molar-refractivity contribution in [3.8, 4) is 0 Å². The van der Waals surface area contributed by atoms with E-state index in [0.29, 0.717) is 24.0 Å². The van der Waals surface area contributed by atoms with Crippen molar-refractivity contribution < 1.29 is 9.90 Å². The van der Waals surface area contributed by atoms with E-state index in [0.717, 1.165) is 25.7 Å². The van der Waals surface area contributed by atoms with Crippen LogP contribution in [0.15, 0.2) is 9.95 Å². The summed E-state index contributed by atoms with van der Waals surface area (Å²) in [5.41, 5.74) is -1.05. The van der Waals surface area contributed by atoms with E-state index < -0.39 is 11.5 Å². The summed E-state index contributed by atoms with van der Waals surface area (Å²) in [6.45, 7) is 0. The Balaban J connectivity index is 1.73. The molecular formula is C13H20N4O3S. The van der Waals surface area contributed by atoms with Gasteiger partial charge in [0.05, 0.1) is 0 Å². The van der Waals surface area contributed by atoms with Crippen LogP contribution in [0.1, 0.15) is 38.5 Å². The second kappa shape index (κ2) is 5.49. The highest BCUT2D eigenvalue weighted by Crippen LogP contribution is 2.39. The summed E-state index contributed by atoms with van der Waals surface area (Å²) in [5, 5.41) is 20.2. The van der Waals surface area contributed by atoms with Crippen LogP contribution < -0.4 is 11.0 Å². The molecule has 116 valence electrons. The molecule has 0 saturated heterocycles. The van der Waals surface area contributed by atoms with Gasteiger partial charge in [0.1, 0.15) is 5.54 Å². The van der Waals surface area contributed by atoms with Gasteiger partial charge in [0.2, 0.25) is 0 Å². The first-order valence-electron chi connectivity index (χ1n) is 7.29. The summed E-state index contributed by atoms with van der Waals surface area (Å²) in [4.78, 5) is 23.2. The van der Waals surface area contributed by atoms with Crippen molar-refractivity contribution in [1.82, 2.24) is 20.1 Å². The molecule has 3 rings (SSSR count). The normalized spacial score (nSPS) is 29.5. The average Bonchev–Trinajstić information content (AvgIpc) is 3.20. The lowest BCUT2D eigenvalue weighted by molar-refractivity contribution is -0.146. The predicted octanol–water partition coefficient (Wildman–Crippen LogP) is 0.718. The Morgan fingerprint density at radius 2 is 2.29 bits per heavy atom. The van der Waals surface area contributed by atoms with Crippen LogP contribution in [0.2, 0.25) is 0 Å². The third kappa shape index (κ3) is 3.01. The average molecular weight is 312 g/mol. The van der Waals surface area contributed by atoms with Gasteiger partial charge in [0, 0.05) is 18.3 Å². The van der Waals surface area contributed by atoms with Crippen LogP contribution in [0, 0.1) is 0 Å². The van der Waals surface area contributed by atoms with Gasteiger partial charge in [0.25, 0.3) is 0 Å². The molecule has 0 aromatic carbocycles. The minimum Gasteiger partial charge on any atom is -0.480 e. The highest BCUT2D eigenvalue weighted by Gasteiger charge is 2.46. The number of H-pyrrole nitrogens is 1. The topological polar surface area (TPSA) is 100 Å². The summed E-state index contributed by atoms with van der Waals surface area (Å²) in [6, 6.07) is 0.361. The van der Waals surface area contributed by atoms with E-state index in [1.807, 2.05) is 0 Å². The lowest BCUT2D eigenvalue weighted by Gasteiger charge is -2.38. The highest BCUT2D eigenvalue weighted by atomic mass is 32.2. The van der Waals surface area contributed by atoms with E-state index >= 15 is 0 Å². The first-order chi connectivity index (χ1) is 10.00. The number of hydrogen-bond donors (Lipinski definition) is 3. The molecule has 2 aliphatic carbocycles. The molecule has 0 amide bonds. The summed E-state index contributed by atoms with van der Waals surface area (Å²) in [7, 11) is 1.67. The second-order valence-corrected chi connectivity index (χ2v) is 7.28. The van der Waals surface area contributed by atoms with Crippen LogP contribution in [-0.4, -0.2) is 42.7 Å². The Morgan fingerprint density at radius 3 is 2.86 bits per heavy atom. The quantitative estimate of drug-likeness (QED) is 0.741. The van der Waals surface area contributed by atoms with Crippen molar-refractivity contribution in [2.45, 2.75) is 60.5 Å². The molecule has 2 aliphatic rings. The number of aromatic nitrogens is 3. The largest absolute Gasteiger partial charge is 0.480 e. The molecule has 0 spiro atoms. The Hall–Kier alpha value is -1.28. The number of carboxylic acid groups (broad SMARTS) is 1. The van der Waals surface area contributed by atoms with Crippen molar-refractivity contribution in [3.05, 3.63) is 10.5 Å². The zero-order valence-electron chi connectivity index (χ0n) is 12.0. The lowest BCUT2D eigenvalue weighted by atomic mass is 9.81. The molecular weight excluding hydrogens is 292 g/mol. The number of aromatic amines is 1. The molecule has 7 nitrogen and oxygen atoms in total. The zero-order chi connectivity index (χ0) is 15.0. The minimum absolute atomic E-state index is 0.162. The molecule has 8 heteroatoms. The number of nitrogens with one attached hydrogen (secondary N) is 2. The van der Waals surface area contributed by atoms with E-state index in [2.05, 4.69) is 15.5 Å². The summed E-state index contributed by atoms with van der Waals surface area (Å²) >= 11 is 1.50. The molecule has 1 aromatic rings. The summed E-state index contributed by atoms with van der Waals surface area (Å²) < 4.78 is 1.47. The van der Waals surface area contributed by atoms with Crippen LogP contribution in [-0.2, 0) is 11.8 Å². The molecule has 2 saturated carbocycles. The fourth-order valence-corrected chi connectivity index (χ4v) is 4.21. The molecule has 0 bridgehead atoms. The van der Waals surface area contributed by atoms with Crippen molar-refractivity contribution in [2.75, 3.05) is 0 Å². The van der Waals surface area contributed by atoms with Gasteiger partial charge in [-0.2, -0.15) is 0 Å². The van der Waals surface area contributed by atoms with Gasteiger partial charge in [-0.1, -0.05) is 11.8 Å². The minimum atomic E-state index is -0.813. The maximum Gasteiger partial charge on any atom is 0.343 e. The molecule has 0 radical (unpaired) electrons. The first kappa shape index (κ1) is 14.6. The number of thioether (sulfide) groups is 1.